The van der Waals surface area contributed by atoms with Crippen LogP contribution in [-0.2, 0) is 4.79 Å². The molecule has 0 saturated carbocycles. The molecule has 6 heteroatoms. The fourth-order valence-electron chi connectivity index (χ4n) is 2.39. The second-order valence-corrected chi connectivity index (χ2v) is 5.69. The summed E-state index contributed by atoms with van der Waals surface area (Å²) in [4.78, 5) is 32.3. The van der Waals surface area contributed by atoms with Crippen molar-refractivity contribution in [1.82, 2.24) is 20.2 Å². The Morgan fingerprint density at radius 2 is 2.15 bits per heavy atom. The lowest BCUT2D eigenvalue weighted by atomic mass is 10.0. The van der Waals surface area contributed by atoms with Gasteiger partial charge in [0.1, 0.15) is 5.69 Å². The van der Waals surface area contributed by atoms with E-state index in [2.05, 4.69) is 29.1 Å². The molecule has 2 N–H and O–H groups in total. The number of imidazole rings is 1. The minimum atomic E-state index is -0.130. The molecule has 0 radical (unpaired) electrons. The van der Waals surface area contributed by atoms with Crippen molar-refractivity contribution in [2.45, 2.75) is 39.2 Å². The number of rotatable bonds is 4. The van der Waals surface area contributed by atoms with E-state index in [9.17, 15) is 9.59 Å². The predicted molar refractivity (Wildman–Crippen MR) is 75.1 cm³/mol. The third kappa shape index (κ3) is 3.82. The molecule has 0 aromatic carbocycles. The molecule has 0 atom stereocenters. The highest BCUT2D eigenvalue weighted by Gasteiger charge is 2.24. The molecular formula is C14H22N4O2. The Kier molecular flexibility index (Phi) is 4.76. The van der Waals surface area contributed by atoms with Crippen molar-refractivity contribution in [1.29, 1.82) is 0 Å². The van der Waals surface area contributed by atoms with Gasteiger partial charge in [0.25, 0.3) is 5.91 Å². The van der Waals surface area contributed by atoms with Crippen LogP contribution in [0.1, 0.15) is 43.6 Å². The smallest absolute Gasteiger partial charge is 0.269 e. The molecular weight excluding hydrogens is 256 g/mol. The summed E-state index contributed by atoms with van der Waals surface area (Å²) >= 11 is 0. The first-order chi connectivity index (χ1) is 9.56. The van der Waals surface area contributed by atoms with Gasteiger partial charge >= 0.3 is 0 Å². The highest BCUT2D eigenvalue weighted by atomic mass is 16.2. The molecule has 1 fully saturated rings. The first kappa shape index (κ1) is 14.6. The number of likely N-dealkylation sites (tertiary alicyclic amines) is 1. The third-order valence-electron chi connectivity index (χ3n) is 3.51. The van der Waals surface area contributed by atoms with Crippen molar-refractivity contribution in [2.24, 2.45) is 5.92 Å². The maximum Gasteiger partial charge on any atom is 0.269 e. The van der Waals surface area contributed by atoms with Gasteiger partial charge in [0.15, 0.2) is 0 Å². The molecule has 1 aromatic rings. The zero-order valence-corrected chi connectivity index (χ0v) is 12.1. The Morgan fingerprint density at radius 3 is 2.70 bits per heavy atom. The lowest BCUT2D eigenvalue weighted by Crippen LogP contribution is -2.46. The minimum absolute atomic E-state index is 0.130. The summed E-state index contributed by atoms with van der Waals surface area (Å²) in [5.41, 5.74) is 0.475. The second kappa shape index (κ2) is 6.54. The molecule has 1 aromatic heterocycles. The SMILES string of the molecule is CC(C)CC(=O)N1CCC(NC(=O)c2cnc[nH]2)CC1. The average molecular weight is 278 g/mol. The summed E-state index contributed by atoms with van der Waals surface area (Å²) in [5, 5.41) is 2.97. The number of nitrogens with zero attached hydrogens (tertiary/aromatic N) is 2. The minimum Gasteiger partial charge on any atom is -0.348 e. The van der Waals surface area contributed by atoms with Crippen molar-refractivity contribution >= 4 is 11.8 Å². The number of carbonyl (C=O) groups is 2. The van der Waals surface area contributed by atoms with E-state index in [1.807, 2.05) is 4.90 Å². The molecule has 0 aliphatic carbocycles. The number of hydrogen-bond donors (Lipinski definition) is 2. The Bertz CT molecular complexity index is 448. The second-order valence-electron chi connectivity index (χ2n) is 5.69. The lowest BCUT2D eigenvalue weighted by Gasteiger charge is -2.32. The van der Waals surface area contributed by atoms with Crippen LogP contribution in [0.3, 0.4) is 0 Å². The van der Waals surface area contributed by atoms with Crippen LogP contribution in [0, 0.1) is 5.92 Å². The summed E-state index contributed by atoms with van der Waals surface area (Å²) < 4.78 is 0. The van der Waals surface area contributed by atoms with Gasteiger partial charge in [0, 0.05) is 25.6 Å². The van der Waals surface area contributed by atoms with Crippen LogP contribution >= 0.6 is 0 Å². The number of H-pyrrole nitrogens is 1. The first-order valence-electron chi connectivity index (χ1n) is 7.13. The highest BCUT2D eigenvalue weighted by Crippen LogP contribution is 2.14. The van der Waals surface area contributed by atoms with Gasteiger partial charge in [-0.15, -0.1) is 0 Å². The van der Waals surface area contributed by atoms with Crippen molar-refractivity contribution < 1.29 is 9.59 Å². The number of piperidine rings is 1. The fraction of sp³-hybridized carbons (Fsp3) is 0.643. The zero-order valence-electron chi connectivity index (χ0n) is 12.1. The number of nitrogens with one attached hydrogen (secondary N) is 2. The van der Waals surface area contributed by atoms with Gasteiger partial charge in [-0.25, -0.2) is 4.98 Å². The predicted octanol–water partition coefficient (Wildman–Crippen LogP) is 1.18. The molecule has 1 saturated heterocycles. The van der Waals surface area contributed by atoms with Crippen LogP contribution < -0.4 is 5.32 Å². The van der Waals surface area contributed by atoms with Crippen LogP contribution in [0.15, 0.2) is 12.5 Å². The Balaban J connectivity index is 1.77. The number of carbonyl (C=O) groups excluding carboxylic acids is 2. The molecule has 1 aliphatic heterocycles. The van der Waals surface area contributed by atoms with Crippen LogP contribution in [0.2, 0.25) is 0 Å². The molecule has 0 bridgehead atoms. The number of hydrogen-bond acceptors (Lipinski definition) is 3. The molecule has 0 spiro atoms. The largest absolute Gasteiger partial charge is 0.348 e. The van der Waals surface area contributed by atoms with Crippen molar-refractivity contribution in [2.75, 3.05) is 13.1 Å². The molecule has 110 valence electrons. The Morgan fingerprint density at radius 1 is 1.45 bits per heavy atom. The lowest BCUT2D eigenvalue weighted by molar-refractivity contribution is -0.133. The molecule has 2 heterocycles. The van der Waals surface area contributed by atoms with Gasteiger partial charge in [-0.1, -0.05) is 13.8 Å². The maximum atomic E-state index is 11.9. The summed E-state index contributed by atoms with van der Waals surface area (Å²) in [6, 6.07) is 0.133. The number of aromatic nitrogens is 2. The zero-order chi connectivity index (χ0) is 14.5. The van der Waals surface area contributed by atoms with Crippen LogP contribution in [0.5, 0.6) is 0 Å². The Hall–Kier alpha value is -1.85. The molecule has 1 aliphatic rings. The Labute approximate surface area is 119 Å². The van der Waals surface area contributed by atoms with Crippen molar-refractivity contribution in [3.8, 4) is 0 Å². The van der Waals surface area contributed by atoms with Gasteiger partial charge in [-0.2, -0.15) is 0 Å². The van der Waals surface area contributed by atoms with Gasteiger partial charge in [-0.05, 0) is 18.8 Å². The van der Waals surface area contributed by atoms with Gasteiger partial charge in [-0.3, -0.25) is 9.59 Å². The van der Waals surface area contributed by atoms with E-state index in [0.717, 1.165) is 25.9 Å². The van der Waals surface area contributed by atoms with Crippen molar-refractivity contribution in [3.05, 3.63) is 18.2 Å². The summed E-state index contributed by atoms with van der Waals surface area (Å²) in [5.74, 6) is 0.480. The van der Waals surface area contributed by atoms with E-state index >= 15 is 0 Å². The normalized spacial score (nSPS) is 16.4. The van der Waals surface area contributed by atoms with E-state index in [-0.39, 0.29) is 17.9 Å². The van der Waals surface area contributed by atoms with Crippen LogP contribution in [0.4, 0.5) is 0 Å². The maximum absolute atomic E-state index is 11.9. The molecule has 20 heavy (non-hydrogen) atoms. The fourth-order valence-corrected chi connectivity index (χ4v) is 2.39. The van der Waals surface area contributed by atoms with E-state index in [4.69, 9.17) is 0 Å². The summed E-state index contributed by atoms with van der Waals surface area (Å²) in [7, 11) is 0. The highest BCUT2D eigenvalue weighted by molar-refractivity contribution is 5.92. The summed E-state index contributed by atoms with van der Waals surface area (Å²) in [6.07, 6.45) is 5.22. The topological polar surface area (TPSA) is 78.1 Å². The van der Waals surface area contributed by atoms with Gasteiger partial charge in [0.05, 0.1) is 12.5 Å². The third-order valence-corrected chi connectivity index (χ3v) is 3.51. The summed E-state index contributed by atoms with van der Waals surface area (Å²) in [6.45, 7) is 5.55. The number of aromatic amines is 1. The van der Waals surface area contributed by atoms with E-state index in [1.54, 1.807) is 0 Å². The number of amides is 2. The van der Waals surface area contributed by atoms with Crippen LogP contribution in [-0.4, -0.2) is 45.8 Å². The molecule has 2 rings (SSSR count). The van der Waals surface area contributed by atoms with E-state index in [1.165, 1.54) is 12.5 Å². The monoisotopic (exact) mass is 278 g/mol. The molecule has 6 nitrogen and oxygen atoms in total. The van der Waals surface area contributed by atoms with Crippen LogP contribution in [0.25, 0.3) is 0 Å². The molecule has 2 amide bonds. The van der Waals surface area contributed by atoms with E-state index < -0.39 is 0 Å². The quantitative estimate of drug-likeness (QED) is 0.868. The van der Waals surface area contributed by atoms with E-state index in [0.29, 0.717) is 18.0 Å². The standard InChI is InChI=1S/C14H22N4O2/c1-10(2)7-13(19)18-5-3-11(4-6-18)17-14(20)12-8-15-9-16-12/h8-11H,3-7H2,1-2H3,(H,15,16)(H,17,20). The van der Waals surface area contributed by atoms with Crippen molar-refractivity contribution in [3.63, 3.8) is 0 Å². The van der Waals surface area contributed by atoms with Gasteiger partial charge in [0.2, 0.25) is 5.91 Å². The molecule has 0 unspecified atom stereocenters. The van der Waals surface area contributed by atoms with Gasteiger partial charge < -0.3 is 15.2 Å². The average Bonchev–Trinajstić information content (AvgIpc) is 2.92. The first-order valence-corrected chi connectivity index (χ1v) is 7.13.